The summed E-state index contributed by atoms with van der Waals surface area (Å²) in [7, 11) is 0. The average molecular weight is 353 g/mol. The number of hydrogen-bond donors (Lipinski definition) is 3. The molecule has 0 bridgehead atoms. The minimum absolute atomic E-state index is 0.0887. The van der Waals surface area contributed by atoms with Gasteiger partial charge in [0.05, 0.1) is 0 Å². The third kappa shape index (κ3) is 5.70. The van der Waals surface area contributed by atoms with Crippen LogP contribution in [-0.4, -0.2) is 17.9 Å². The highest BCUT2D eigenvalue weighted by atomic mass is 16.2. The van der Waals surface area contributed by atoms with Crippen molar-refractivity contribution in [3.63, 3.8) is 0 Å². The molecule has 2 aromatic rings. The number of benzene rings is 2. The molecule has 2 rings (SSSR count). The van der Waals surface area contributed by atoms with E-state index >= 15 is 0 Å². The molecular formula is C21H27N3O2. The van der Waals surface area contributed by atoms with Gasteiger partial charge >= 0.3 is 0 Å². The monoisotopic (exact) mass is 353 g/mol. The molecule has 2 aromatic carbocycles. The molecule has 2 unspecified atom stereocenters. The molecule has 0 saturated heterocycles. The molecule has 5 heteroatoms. The second kappa shape index (κ2) is 9.15. The summed E-state index contributed by atoms with van der Waals surface area (Å²) in [5.41, 5.74) is 9.43. The molecule has 0 aliphatic carbocycles. The topological polar surface area (TPSA) is 84.2 Å². The quantitative estimate of drug-likeness (QED) is 0.715. The number of nitrogens with one attached hydrogen (secondary N) is 2. The average Bonchev–Trinajstić information content (AvgIpc) is 2.64. The van der Waals surface area contributed by atoms with Crippen LogP contribution >= 0.6 is 0 Å². The molecule has 0 aliphatic rings. The van der Waals surface area contributed by atoms with Crippen LogP contribution in [0.3, 0.4) is 0 Å². The third-order valence-corrected chi connectivity index (χ3v) is 4.43. The molecule has 0 fully saturated rings. The fourth-order valence-electron chi connectivity index (χ4n) is 2.40. The van der Waals surface area contributed by atoms with Gasteiger partial charge in [0.15, 0.2) is 0 Å². The van der Waals surface area contributed by atoms with Crippen LogP contribution < -0.4 is 16.4 Å². The highest BCUT2D eigenvalue weighted by molar-refractivity contribution is 5.94. The summed E-state index contributed by atoms with van der Waals surface area (Å²) in [6.45, 7) is 6.49. The molecule has 2 atom stereocenters. The fourth-order valence-corrected chi connectivity index (χ4v) is 2.40. The van der Waals surface area contributed by atoms with Gasteiger partial charge in [-0.1, -0.05) is 48.9 Å². The Morgan fingerprint density at radius 3 is 2.27 bits per heavy atom. The van der Waals surface area contributed by atoms with Crippen LogP contribution in [0.5, 0.6) is 0 Å². The van der Waals surface area contributed by atoms with Crippen LogP contribution in [0.2, 0.25) is 0 Å². The van der Waals surface area contributed by atoms with E-state index in [-0.39, 0.29) is 23.8 Å². The van der Waals surface area contributed by atoms with Crippen molar-refractivity contribution in [3.8, 4) is 0 Å². The Labute approximate surface area is 155 Å². The Kier molecular flexibility index (Phi) is 6.92. The van der Waals surface area contributed by atoms with Crippen molar-refractivity contribution in [2.45, 2.75) is 39.9 Å². The SMILES string of the molecule is Cc1ccc(CNC(=O)c2cccc(CNC(=O)C(C)C(C)N)c2)cc1. The second-order valence-corrected chi connectivity index (χ2v) is 6.73. The number of carbonyl (C=O) groups is 2. The van der Waals surface area contributed by atoms with Gasteiger partial charge in [0.1, 0.15) is 0 Å². The van der Waals surface area contributed by atoms with Crippen molar-refractivity contribution in [2.24, 2.45) is 11.7 Å². The van der Waals surface area contributed by atoms with Gasteiger partial charge in [-0.3, -0.25) is 9.59 Å². The summed E-state index contributed by atoms with van der Waals surface area (Å²) < 4.78 is 0. The van der Waals surface area contributed by atoms with Crippen LogP contribution in [-0.2, 0) is 17.9 Å². The van der Waals surface area contributed by atoms with Gasteiger partial charge in [-0.05, 0) is 37.1 Å². The van der Waals surface area contributed by atoms with Crippen LogP contribution in [0.4, 0.5) is 0 Å². The zero-order valence-electron chi connectivity index (χ0n) is 15.6. The van der Waals surface area contributed by atoms with Crippen molar-refractivity contribution in [1.29, 1.82) is 0 Å². The highest BCUT2D eigenvalue weighted by Crippen LogP contribution is 2.08. The molecule has 0 radical (unpaired) electrons. The Morgan fingerprint density at radius 1 is 0.962 bits per heavy atom. The van der Waals surface area contributed by atoms with E-state index in [4.69, 9.17) is 5.73 Å². The van der Waals surface area contributed by atoms with Crippen molar-refractivity contribution in [1.82, 2.24) is 10.6 Å². The number of carbonyl (C=O) groups excluding carboxylic acids is 2. The molecule has 0 heterocycles. The summed E-state index contributed by atoms with van der Waals surface area (Å²) in [4.78, 5) is 24.3. The highest BCUT2D eigenvalue weighted by Gasteiger charge is 2.16. The minimum atomic E-state index is -0.254. The number of hydrogen-bond acceptors (Lipinski definition) is 3. The number of aryl methyl sites for hydroxylation is 1. The van der Waals surface area contributed by atoms with Gasteiger partial charge in [-0.25, -0.2) is 0 Å². The molecule has 26 heavy (non-hydrogen) atoms. The summed E-state index contributed by atoms with van der Waals surface area (Å²) in [5, 5.41) is 5.78. The van der Waals surface area contributed by atoms with Crippen LogP contribution in [0, 0.1) is 12.8 Å². The summed E-state index contributed by atoms with van der Waals surface area (Å²) in [6, 6.07) is 15.1. The van der Waals surface area contributed by atoms with Crippen LogP contribution in [0.15, 0.2) is 48.5 Å². The van der Waals surface area contributed by atoms with Crippen molar-refractivity contribution < 1.29 is 9.59 Å². The van der Waals surface area contributed by atoms with Crippen molar-refractivity contribution in [3.05, 3.63) is 70.8 Å². The van der Waals surface area contributed by atoms with E-state index in [9.17, 15) is 9.59 Å². The Balaban J connectivity index is 1.92. The lowest BCUT2D eigenvalue weighted by atomic mass is 10.0. The maximum absolute atomic E-state index is 12.4. The molecule has 5 nitrogen and oxygen atoms in total. The molecular weight excluding hydrogens is 326 g/mol. The lowest BCUT2D eigenvalue weighted by molar-refractivity contribution is -0.125. The lowest BCUT2D eigenvalue weighted by Crippen LogP contribution is -2.38. The first-order chi connectivity index (χ1) is 12.4. The molecule has 2 amide bonds. The van der Waals surface area contributed by atoms with Crippen LogP contribution in [0.25, 0.3) is 0 Å². The van der Waals surface area contributed by atoms with Gasteiger partial charge in [0.2, 0.25) is 5.91 Å². The molecule has 0 aliphatic heterocycles. The standard InChI is InChI=1S/C21H27N3O2/c1-14-7-9-17(10-8-14)12-24-21(26)19-6-4-5-18(11-19)13-23-20(25)15(2)16(3)22/h4-11,15-16H,12-13,22H2,1-3H3,(H,23,25)(H,24,26). The minimum Gasteiger partial charge on any atom is -0.352 e. The molecule has 4 N–H and O–H groups in total. The maximum Gasteiger partial charge on any atom is 0.251 e. The predicted octanol–water partition coefficient (Wildman–Crippen LogP) is 2.52. The molecule has 0 saturated carbocycles. The lowest BCUT2D eigenvalue weighted by Gasteiger charge is -2.15. The van der Waals surface area contributed by atoms with Gasteiger partial charge < -0.3 is 16.4 Å². The predicted molar refractivity (Wildman–Crippen MR) is 103 cm³/mol. The normalized spacial score (nSPS) is 12.9. The first-order valence-corrected chi connectivity index (χ1v) is 8.83. The fraction of sp³-hybridized carbons (Fsp3) is 0.333. The maximum atomic E-state index is 12.4. The Bertz CT molecular complexity index is 754. The van der Waals surface area contributed by atoms with E-state index in [1.807, 2.05) is 50.2 Å². The van der Waals surface area contributed by atoms with E-state index in [1.54, 1.807) is 19.1 Å². The molecule has 0 aromatic heterocycles. The van der Waals surface area contributed by atoms with Crippen molar-refractivity contribution >= 4 is 11.8 Å². The summed E-state index contributed by atoms with van der Waals surface area (Å²) >= 11 is 0. The second-order valence-electron chi connectivity index (χ2n) is 6.73. The van der Waals surface area contributed by atoms with E-state index in [2.05, 4.69) is 10.6 Å². The zero-order valence-corrected chi connectivity index (χ0v) is 15.6. The Hall–Kier alpha value is -2.66. The van der Waals surface area contributed by atoms with E-state index in [0.717, 1.165) is 11.1 Å². The molecule has 0 spiro atoms. The zero-order chi connectivity index (χ0) is 19.1. The number of amides is 2. The van der Waals surface area contributed by atoms with Gasteiger partial charge in [-0.2, -0.15) is 0 Å². The number of rotatable bonds is 7. The first-order valence-electron chi connectivity index (χ1n) is 8.83. The van der Waals surface area contributed by atoms with Gasteiger partial charge in [-0.15, -0.1) is 0 Å². The van der Waals surface area contributed by atoms with Gasteiger partial charge in [0, 0.05) is 30.6 Å². The van der Waals surface area contributed by atoms with Crippen LogP contribution in [0.1, 0.15) is 40.9 Å². The third-order valence-electron chi connectivity index (χ3n) is 4.43. The van der Waals surface area contributed by atoms with E-state index in [0.29, 0.717) is 18.7 Å². The Morgan fingerprint density at radius 2 is 1.62 bits per heavy atom. The summed E-state index contributed by atoms with van der Waals surface area (Å²) in [6.07, 6.45) is 0. The first kappa shape index (κ1) is 19.7. The number of nitrogens with two attached hydrogens (primary N) is 1. The molecule has 138 valence electrons. The van der Waals surface area contributed by atoms with E-state index < -0.39 is 0 Å². The largest absolute Gasteiger partial charge is 0.352 e. The smallest absolute Gasteiger partial charge is 0.251 e. The summed E-state index contributed by atoms with van der Waals surface area (Å²) in [5.74, 6) is -0.479. The van der Waals surface area contributed by atoms with E-state index in [1.165, 1.54) is 5.56 Å². The van der Waals surface area contributed by atoms with Gasteiger partial charge in [0.25, 0.3) is 5.91 Å². The van der Waals surface area contributed by atoms with Crippen molar-refractivity contribution in [2.75, 3.05) is 0 Å².